The summed E-state index contributed by atoms with van der Waals surface area (Å²) in [5.41, 5.74) is 2.81. The van der Waals surface area contributed by atoms with Crippen LogP contribution in [0.25, 0.3) is 6.08 Å². The number of hydrogen-bond acceptors (Lipinski definition) is 1. The van der Waals surface area contributed by atoms with Crippen molar-refractivity contribution in [3.05, 3.63) is 77.9 Å². The zero-order valence-corrected chi connectivity index (χ0v) is 16.2. The van der Waals surface area contributed by atoms with E-state index in [2.05, 4.69) is 91.7 Å². The van der Waals surface area contributed by atoms with Gasteiger partial charge in [0.1, 0.15) is 0 Å². The largest absolute Gasteiger partial charge is 0.296 e. The Hall–Kier alpha value is -1.57. The highest BCUT2D eigenvalue weighted by Crippen LogP contribution is 2.39. The first-order chi connectivity index (χ1) is 11.7. The molecule has 0 spiro atoms. The number of nitrogens with zero attached hydrogens (tertiary/aromatic N) is 1. The molecule has 0 bridgehead atoms. The molecule has 1 unspecified atom stereocenters. The number of halogens is 1. The third kappa shape index (κ3) is 4.96. The first kappa shape index (κ1) is 19.8. The lowest BCUT2D eigenvalue weighted by Crippen LogP contribution is -2.44. The second kappa shape index (κ2) is 9.22. The molecule has 1 fully saturated rings. The summed E-state index contributed by atoms with van der Waals surface area (Å²) < 4.78 is 0. The molecule has 1 atom stereocenters. The fourth-order valence-corrected chi connectivity index (χ4v) is 3.68. The van der Waals surface area contributed by atoms with Crippen molar-refractivity contribution in [1.29, 1.82) is 0 Å². The lowest BCUT2D eigenvalue weighted by Gasteiger charge is -2.42. The Kier molecular flexibility index (Phi) is 7.28. The molecule has 134 valence electrons. The second-order valence-corrected chi connectivity index (χ2v) is 7.09. The van der Waals surface area contributed by atoms with E-state index in [1.165, 1.54) is 30.5 Å². The average molecular weight is 356 g/mol. The zero-order chi connectivity index (χ0) is 16.8. The van der Waals surface area contributed by atoms with Crippen LogP contribution in [0.5, 0.6) is 0 Å². The van der Waals surface area contributed by atoms with Crippen molar-refractivity contribution in [3.8, 4) is 0 Å². The maximum atomic E-state index is 2.61. The summed E-state index contributed by atoms with van der Waals surface area (Å²) in [6.07, 6.45) is 9.59. The lowest BCUT2D eigenvalue weighted by molar-refractivity contribution is 0.108. The van der Waals surface area contributed by atoms with Gasteiger partial charge in [-0.1, -0.05) is 79.7 Å². The molecule has 2 aromatic carbocycles. The minimum atomic E-state index is 0. The quantitative estimate of drug-likeness (QED) is 0.548. The van der Waals surface area contributed by atoms with E-state index in [0.29, 0.717) is 0 Å². The third-order valence-electron chi connectivity index (χ3n) is 5.42. The van der Waals surface area contributed by atoms with Gasteiger partial charge in [-0.25, -0.2) is 0 Å². The van der Waals surface area contributed by atoms with E-state index < -0.39 is 0 Å². The van der Waals surface area contributed by atoms with Crippen LogP contribution in [-0.4, -0.2) is 18.5 Å². The van der Waals surface area contributed by atoms with Gasteiger partial charge >= 0.3 is 0 Å². The van der Waals surface area contributed by atoms with E-state index >= 15 is 0 Å². The molecule has 0 amide bonds. The average Bonchev–Trinajstić information content (AvgIpc) is 3.44. The summed E-state index contributed by atoms with van der Waals surface area (Å²) in [5.74, 6) is 0.905. The second-order valence-electron chi connectivity index (χ2n) is 7.09. The van der Waals surface area contributed by atoms with Crippen LogP contribution in [0, 0.1) is 5.92 Å². The molecule has 3 rings (SSSR count). The molecule has 2 heteroatoms. The van der Waals surface area contributed by atoms with Gasteiger partial charge in [-0.05, 0) is 49.8 Å². The van der Waals surface area contributed by atoms with Gasteiger partial charge in [0.15, 0.2) is 0 Å². The summed E-state index contributed by atoms with van der Waals surface area (Å²) in [5, 5.41) is 0. The normalized spacial score (nSPS) is 16.6. The monoisotopic (exact) mass is 355 g/mol. The summed E-state index contributed by atoms with van der Waals surface area (Å²) in [7, 11) is 2.31. The van der Waals surface area contributed by atoms with Crippen molar-refractivity contribution in [2.24, 2.45) is 5.92 Å². The van der Waals surface area contributed by atoms with Gasteiger partial charge in [0.25, 0.3) is 0 Å². The van der Waals surface area contributed by atoms with E-state index in [0.717, 1.165) is 18.8 Å². The van der Waals surface area contributed by atoms with Crippen molar-refractivity contribution in [3.63, 3.8) is 0 Å². The van der Waals surface area contributed by atoms with Crippen LogP contribution >= 0.6 is 12.4 Å². The molecular formula is C23H30ClN. The van der Waals surface area contributed by atoms with Crippen molar-refractivity contribution in [2.75, 3.05) is 13.6 Å². The molecule has 0 heterocycles. The van der Waals surface area contributed by atoms with Crippen LogP contribution < -0.4 is 0 Å². The molecule has 1 saturated carbocycles. The van der Waals surface area contributed by atoms with Crippen LogP contribution in [0.3, 0.4) is 0 Å². The van der Waals surface area contributed by atoms with E-state index in [1.807, 2.05) is 0 Å². The first-order valence-electron chi connectivity index (χ1n) is 9.23. The molecule has 0 saturated heterocycles. The van der Waals surface area contributed by atoms with E-state index in [-0.39, 0.29) is 17.9 Å². The van der Waals surface area contributed by atoms with Gasteiger partial charge < -0.3 is 0 Å². The van der Waals surface area contributed by atoms with Gasteiger partial charge in [-0.3, -0.25) is 4.90 Å². The van der Waals surface area contributed by atoms with Crippen LogP contribution in [0.15, 0.2) is 66.7 Å². The molecule has 0 N–H and O–H groups in total. The van der Waals surface area contributed by atoms with Crippen LogP contribution in [-0.2, 0) is 5.54 Å². The van der Waals surface area contributed by atoms with Crippen molar-refractivity contribution < 1.29 is 0 Å². The predicted molar refractivity (Wildman–Crippen MR) is 111 cm³/mol. The molecule has 25 heavy (non-hydrogen) atoms. The maximum absolute atomic E-state index is 2.61. The van der Waals surface area contributed by atoms with Gasteiger partial charge in [0.05, 0.1) is 0 Å². The number of benzene rings is 2. The van der Waals surface area contributed by atoms with E-state index in [1.54, 1.807) is 0 Å². The summed E-state index contributed by atoms with van der Waals surface area (Å²) in [6.45, 7) is 3.54. The number of hydrogen-bond donors (Lipinski definition) is 0. The highest BCUT2D eigenvalue weighted by Gasteiger charge is 2.36. The minimum absolute atomic E-state index is 0. The smallest absolute Gasteiger partial charge is 0.0489 e. The van der Waals surface area contributed by atoms with Gasteiger partial charge in [0.2, 0.25) is 0 Å². The Morgan fingerprint density at radius 3 is 2.16 bits per heavy atom. The molecule has 1 aliphatic carbocycles. The lowest BCUT2D eigenvalue weighted by atomic mass is 9.82. The molecular weight excluding hydrogens is 326 g/mol. The molecule has 0 aliphatic heterocycles. The Bertz CT molecular complexity index is 648. The Morgan fingerprint density at radius 2 is 1.60 bits per heavy atom. The summed E-state index contributed by atoms with van der Waals surface area (Å²) in [4.78, 5) is 2.61. The fraction of sp³-hybridized carbons (Fsp3) is 0.391. The Balaban J connectivity index is 0.00000225. The SMILES string of the molecule is CCC(C/C=C/c1ccccc1)(c1ccccc1)N(C)CC1CC1.Cl. The van der Waals surface area contributed by atoms with Crippen molar-refractivity contribution in [1.82, 2.24) is 4.90 Å². The van der Waals surface area contributed by atoms with Crippen LogP contribution in [0.1, 0.15) is 43.7 Å². The highest BCUT2D eigenvalue weighted by atomic mass is 35.5. The van der Waals surface area contributed by atoms with Crippen LogP contribution in [0.2, 0.25) is 0 Å². The van der Waals surface area contributed by atoms with E-state index in [4.69, 9.17) is 0 Å². The van der Waals surface area contributed by atoms with Crippen molar-refractivity contribution in [2.45, 2.75) is 38.1 Å². The first-order valence-corrected chi connectivity index (χ1v) is 9.23. The predicted octanol–water partition coefficient (Wildman–Crippen LogP) is 6.16. The van der Waals surface area contributed by atoms with E-state index in [9.17, 15) is 0 Å². The van der Waals surface area contributed by atoms with Gasteiger partial charge in [-0.2, -0.15) is 0 Å². The Morgan fingerprint density at radius 1 is 1.00 bits per heavy atom. The summed E-state index contributed by atoms with van der Waals surface area (Å²) >= 11 is 0. The zero-order valence-electron chi connectivity index (χ0n) is 15.4. The molecule has 1 nitrogen and oxygen atoms in total. The van der Waals surface area contributed by atoms with Gasteiger partial charge in [0, 0.05) is 12.1 Å². The summed E-state index contributed by atoms with van der Waals surface area (Å²) in [6, 6.07) is 21.7. The molecule has 0 aromatic heterocycles. The minimum Gasteiger partial charge on any atom is -0.296 e. The third-order valence-corrected chi connectivity index (χ3v) is 5.42. The standard InChI is InChI=1S/C23H29N.ClH/c1-3-23(22-14-8-5-9-15-22,24(2)19-21-16-17-21)18-10-13-20-11-6-4-7-12-20;/h4-15,21H,3,16-19H2,1-2H3;1H/b13-10+;. The highest BCUT2D eigenvalue weighted by molar-refractivity contribution is 5.85. The molecule has 1 aliphatic rings. The van der Waals surface area contributed by atoms with Crippen LogP contribution in [0.4, 0.5) is 0 Å². The fourth-order valence-electron chi connectivity index (χ4n) is 3.68. The van der Waals surface area contributed by atoms with Crippen molar-refractivity contribution >= 4 is 18.5 Å². The molecule has 2 aromatic rings. The topological polar surface area (TPSA) is 3.24 Å². The van der Waals surface area contributed by atoms with Gasteiger partial charge in [-0.15, -0.1) is 12.4 Å². The maximum Gasteiger partial charge on any atom is 0.0489 e. The Labute approximate surface area is 159 Å². The molecule has 0 radical (unpaired) electrons. The number of rotatable bonds is 8.